The van der Waals surface area contributed by atoms with Crippen molar-refractivity contribution in [1.29, 1.82) is 0 Å². The standard InChI is InChI=1S/C20H30BrN3O3.C2HF3O2/c1-3-22-19(25)23-11-17-6-7-20(27-17)13-24(8-9-26-14-20)12-16-10-15(2)4-5-18(16)21;3-2(4,5)1(6)7/h4-5,10,17H,3,6-9,11-14H2,1-2H3,(H2,22,23,25);(H,6,7). The van der Waals surface area contributed by atoms with Gasteiger partial charge in [-0.05, 0) is 38.3 Å². The molecule has 0 radical (unpaired) electrons. The molecule has 0 bridgehead atoms. The van der Waals surface area contributed by atoms with Crippen LogP contribution in [0.2, 0.25) is 0 Å². The number of carboxylic acids is 1. The van der Waals surface area contributed by atoms with Gasteiger partial charge in [0, 0.05) is 37.2 Å². The number of urea groups is 1. The fourth-order valence-corrected chi connectivity index (χ4v) is 4.25. The number of aryl methyl sites for hydroxylation is 1. The number of hydrogen-bond acceptors (Lipinski definition) is 5. The van der Waals surface area contributed by atoms with Crippen molar-refractivity contribution < 1.29 is 37.3 Å². The summed E-state index contributed by atoms with van der Waals surface area (Å²) in [4.78, 5) is 22.9. The molecule has 0 aliphatic carbocycles. The van der Waals surface area contributed by atoms with Crippen molar-refractivity contribution in [2.75, 3.05) is 39.4 Å². The molecule has 8 nitrogen and oxygen atoms in total. The van der Waals surface area contributed by atoms with Crippen LogP contribution in [0.1, 0.15) is 30.9 Å². The Morgan fingerprint density at radius 2 is 2.03 bits per heavy atom. The molecular formula is C22H31BrF3N3O5. The summed E-state index contributed by atoms with van der Waals surface area (Å²) >= 11 is 3.67. The van der Waals surface area contributed by atoms with Crippen LogP contribution in [0, 0.1) is 6.92 Å². The van der Waals surface area contributed by atoms with E-state index in [9.17, 15) is 18.0 Å². The van der Waals surface area contributed by atoms with Crippen molar-refractivity contribution in [2.24, 2.45) is 0 Å². The van der Waals surface area contributed by atoms with Gasteiger partial charge in [-0.15, -0.1) is 0 Å². The van der Waals surface area contributed by atoms with Gasteiger partial charge in [0.15, 0.2) is 0 Å². The van der Waals surface area contributed by atoms with Crippen LogP contribution >= 0.6 is 15.9 Å². The van der Waals surface area contributed by atoms with E-state index in [0.717, 1.165) is 43.6 Å². The average Bonchev–Trinajstić information content (AvgIpc) is 3.04. The molecule has 2 heterocycles. The number of hydrogen-bond donors (Lipinski definition) is 3. The van der Waals surface area contributed by atoms with Gasteiger partial charge in [-0.2, -0.15) is 13.2 Å². The second-order valence-electron chi connectivity index (χ2n) is 8.36. The first kappa shape index (κ1) is 28.3. The van der Waals surface area contributed by atoms with Gasteiger partial charge in [-0.25, -0.2) is 9.59 Å². The van der Waals surface area contributed by atoms with Crippen LogP contribution in [0.25, 0.3) is 0 Å². The van der Waals surface area contributed by atoms with E-state index < -0.39 is 12.1 Å². The molecule has 1 aromatic carbocycles. The van der Waals surface area contributed by atoms with Gasteiger partial charge in [0.1, 0.15) is 5.60 Å². The highest BCUT2D eigenvalue weighted by atomic mass is 79.9. The number of ether oxygens (including phenoxy) is 2. The molecule has 34 heavy (non-hydrogen) atoms. The molecule has 2 aliphatic heterocycles. The number of amides is 2. The third-order valence-electron chi connectivity index (χ3n) is 5.43. The third-order valence-corrected chi connectivity index (χ3v) is 6.21. The minimum absolute atomic E-state index is 0.0434. The van der Waals surface area contributed by atoms with E-state index in [2.05, 4.69) is 56.6 Å². The topological polar surface area (TPSA) is 100 Å². The molecule has 192 valence electrons. The highest BCUT2D eigenvalue weighted by Crippen LogP contribution is 2.33. The quantitative estimate of drug-likeness (QED) is 0.516. The van der Waals surface area contributed by atoms with E-state index in [1.807, 2.05) is 6.92 Å². The number of carboxylic acid groups (broad SMARTS) is 1. The van der Waals surface area contributed by atoms with Crippen molar-refractivity contribution in [3.63, 3.8) is 0 Å². The number of halogens is 4. The van der Waals surface area contributed by atoms with Crippen molar-refractivity contribution in [2.45, 2.75) is 51.1 Å². The summed E-state index contributed by atoms with van der Waals surface area (Å²) in [6.45, 7) is 9.15. The number of rotatable bonds is 5. The van der Waals surface area contributed by atoms with Gasteiger partial charge in [0.05, 0.1) is 19.3 Å². The minimum atomic E-state index is -5.08. The predicted octanol–water partition coefficient (Wildman–Crippen LogP) is 3.46. The van der Waals surface area contributed by atoms with Gasteiger partial charge in [0.2, 0.25) is 0 Å². The normalized spacial score (nSPS) is 23.1. The van der Waals surface area contributed by atoms with Crippen LogP contribution in [-0.2, 0) is 20.8 Å². The minimum Gasteiger partial charge on any atom is -0.475 e. The Kier molecular flexibility index (Phi) is 10.6. The lowest BCUT2D eigenvalue weighted by molar-refractivity contribution is -0.192. The second-order valence-corrected chi connectivity index (χ2v) is 9.22. The maximum Gasteiger partial charge on any atom is 0.490 e. The second kappa shape index (κ2) is 12.7. The summed E-state index contributed by atoms with van der Waals surface area (Å²) in [5, 5.41) is 12.8. The van der Waals surface area contributed by atoms with Crippen LogP contribution in [-0.4, -0.2) is 79.3 Å². The molecular weight excluding hydrogens is 523 g/mol. The maximum atomic E-state index is 11.6. The zero-order valence-corrected chi connectivity index (χ0v) is 20.8. The SMILES string of the molecule is CCNC(=O)NCC1CCC2(COCCN(Cc3cc(C)ccc3Br)C2)O1.O=C(O)C(F)(F)F. The van der Waals surface area contributed by atoms with E-state index in [4.69, 9.17) is 19.4 Å². The lowest BCUT2D eigenvalue weighted by Crippen LogP contribution is -2.46. The monoisotopic (exact) mass is 553 g/mol. The number of carbonyl (C=O) groups is 2. The summed E-state index contributed by atoms with van der Waals surface area (Å²) in [6, 6.07) is 6.33. The highest BCUT2D eigenvalue weighted by molar-refractivity contribution is 9.10. The van der Waals surface area contributed by atoms with E-state index in [1.54, 1.807) is 0 Å². The Labute approximate surface area is 205 Å². The number of carbonyl (C=O) groups excluding carboxylic acids is 1. The molecule has 12 heteroatoms. The smallest absolute Gasteiger partial charge is 0.475 e. The Morgan fingerprint density at radius 3 is 2.68 bits per heavy atom. The summed E-state index contributed by atoms with van der Waals surface area (Å²) in [6.07, 6.45) is -3.14. The van der Waals surface area contributed by atoms with Gasteiger partial charge in [-0.1, -0.05) is 33.6 Å². The summed E-state index contributed by atoms with van der Waals surface area (Å²) in [5.74, 6) is -2.76. The number of nitrogens with one attached hydrogen (secondary N) is 2. The van der Waals surface area contributed by atoms with E-state index >= 15 is 0 Å². The van der Waals surface area contributed by atoms with Gasteiger partial charge < -0.3 is 25.2 Å². The third kappa shape index (κ3) is 9.05. The zero-order chi connectivity index (χ0) is 25.4. The molecule has 3 N–H and O–H groups in total. The van der Waals surface area contributed by atoms with Crippen LogP contribution in [0.15, 0.2) is 22.7 Å². The molecule has 3 rings (SSSR count). The maximum absolute atomic E-state index is 11.6. The number of aliphatic carboxylic acids is 1. The van der Waals surface area contributed by atoms with Gasteiger partial charge in [0.25, 0.3) is 0 Å². The predicted molar refractivity (Wildman–Crippen MR) is 123 cm³/mol. The molecule has 2 saturated heterocycles. The Morgan fingerprint density at radius 1 is 1.32 bits per heavy atom. The first-order valence-corrected chi connectivity index (χ1v) is 11.8. The molecule has 0 saturated carbocycles. The summed E-state index contributed by atoms with van der Waals surface area (Å²) < 4.78 is 45.2. The largest absolute Gasteiger partial charge is 0.490 e. The molecule has 2 fully saturated rings. The molecule has 2 atom stereocenters. The Balaban J connectivity index is 0.000000509. The molecule has 1 spiro atoms. The number of benzene rings is 1. The Bertz CT molecular complexity index is 842. The van der Waals surface area contributed by atoms with Crippen molar-refractivity contribution in [3.05, 3.63) is 33.8 Å². The van der Waals surface area contributed by atoms with Crippen molar-refractivity contribution >= 4 is 27.9 Å². The van der Waals surface area contributed by atoms with E-state index in [1.165, 1.54) is 11.1 Å². The molecule has 2 aliphatic rings. The molecule has 2 amide bonds. The summed E-state index contributed by atoms with van der Waals surface area (Å²) in [7, 11) is 0. The average molecular weight is 554 g/mol. The van der Waals surface area contributed by atoms with Gasteiger partial charge in [-0.3, -0.25) is 4.90 Å². The fourth-order valence-electron chi connectivity index (χ4n) is 3.88. The van der Waals surface area contributed by atoms with E-state index in [0.29, 0.717) is 19.7 Å². The fraction of sp³-hybridized carbons (Fsp3) is 0.636. The van der Waals surface area contributed by atoms with Gasteiger partial charge >= 0.3 is 18.2 Å². The highest BCUT2D eigenvalue weighted by Gasteiger charge is 2.43. The Hall–Kier alpha value is -1.89. The molecule has 1 aromatic rings. The molecule has 2 unspecified atom stereocenters. The number of nitrogens with zero attached hydrogens (tertiary/aromatic N) is 1. The van der Waals surface area contributed by atoms with Crippen LogP contribution < -0.4 is 10.6 Å². The van der Waals surface area contributed by atoms with Crippen LogP contribution in [0.3, 0.4) is 0 Å². The summed E-state index contributed by atoms with van der Waals surface area (Å²) in [5.41, 5.74) is 2.28. The first-order chi connectivity index (χ1) is 15.9. The van der Waals surface area contributed by atoms with Crippen molar-refractivity contribution in [1.82, 2.24) is 15.5 Å². The van der Waals surface area contributed by atoms with Crippen LogP contribution in [0.4, 0.5) is 18.0 Å². The zero-order valence-electron chi connectivity index (χ0n) is 19.2. The first-order valence-electron chi connectivity index (χ1n) is 11.0. The van der Waals surface area contributed by atoms with E-state index in [-0.39, 0.29) is 17.7 Å². The lowest BCUT2D eigenvalue weighted by Gasteiger charge is -2.32. The molecule has 0 aromatic heterocycles. The lowest BCUT2D eigenvalue weighted by atomic mass is 9.99. The number of alkyl halides is 3. The van der Waals surface area contributed by atoms with Crippen molar-refractivity contribution in [3.8, 4) is 0 Å². The van der Waals surface area contributed by atoms with Crippen LogP contribution in [0.5, 0.6) is 0 Å².